The zero-order valence-corrected chi connectivity index (χ0v) is 16.7. The van der Waals surface area contributed by atoms with E-state index >= 15 is 0 Å². The monoisotopic (exact) mass is 397 g/mol. The maximum atomic E-state index is 9.14. The normalized spacial score (nSPS) is 15.2. The first kappa shape index (κ1) is 18.6. The Morgan fingerprint density at radius 2 is 1.90 bits per heavy atom. The third-order valence-corrected chi connectivity index (χ3v) is 5.62. The van der Waals surface area contributed by atoms with Crippen LogP contribution in [0.1, 0.15) is 17.7 Å². The molecule has 0 unspecified atom stereocenters. The Balaban J connectivity index is 1.62. The molecule has 6 nitrogen and oxygen atoms in total. The van der Waals surface area contributed by atoms with Crippen molar-refractivity contribution < 1.29 is 4.42 Å². The quantitative estimate of drug-likeness (QED) is 0.565. The lowest BCUT2D eigenvalue weighted by atomic mass is 10.1. The van der Waals surface area contributed by atoms with Gasteiger partial charge in [-0.2, -0.15) is 5.26 Å². The average molecular weight is 397 g/mol. The molecule has 1 aromatic carbocycles. The van der Waals surface area contributed by atoms with Crippen LogP contribution >= 0.6 is 0 Å². The molecule has 0 aliphatic carbocycles. The number of nitriles is 1. The van der Waals surface area contributed by atoms with Crippen LogP contribution in [0, 0.1) is 11.3 Å². The third kappa shape index (κ3) is 3.61. The molecule has 0 spiro atoms. The van der Waals surface area contributed by atoms with E-state index in [1.807, 2.05) is 48.5 Å². The molecule has 30 heavy (non-hydrogen) atoms. The molecule has 0 radical (unpaired) electrons. The van der Waals surface area contributed by atoms with E-state index < -0.39 is 0 Å². The molecular weight excluding hydrogens is 374 g/mol. The lowest BCUT2D eigenvalue weighted by molar-refractivity contribution is 0.281. The van der Waals surface area contributed by atoms with E-state index in [4.69, 9.17) is 14.7 Å². The highest BCUT2D eigenvalue weighted by molar-refractivity contribution is 5.69. The summed E-state index contributed by atoms with van der Waals surface area (Å²) in [5.41, 5.74) is 5.74. The van der Waals surface area contributed by atoms with Crippen molar-refractivity contribution in [1.29, 1.82) is 5.26 Å². The van der Waals surface area contributed by atoms with Gasteiger partial charge in [0, 0.05) is 37.0 Å². The predicted molar refractivity (Wildman–Crippen MR) is 116 cm³/mol. The molecule has 1 fully saturated rings. The standard InChI is InChI=1S/C24H23N5O/c25-15-18-4-6-19(7-5-18)24-21(17-28-12-2-10-26-11-13-28)29-16-20(8-9-23(29)27-24)22-3-1-14-30-22/h1,3-9,14,16,26H,2,10-13,17H2. The van der Waals surface area contributed by atoms with Gasteiger partial charge in [0.15, 0.2) is 0 Å². The van der Waals surface area contributed by atoms with E-state index in [-0.39, 0.29) is 0 Å². The van der Waals surface area contributed by atoms with Crippen LogP contribution in [-0.2, 0) is 6.54 Å². The van der Waals surface area contributed by atoms with E-state index in [1.54, 1.807) is 6.26 Å². The van der Waals surface area contributed by atoms with E-state index in [1.165, 1.54) is 0 Å². The summed E-state index contributed by atoms with van der Waals surface area (Å²) in [6, 6.07) is 17.8. The number of fused-ring (bicyclic) bond motifs is 1. The molecule has 0 bridgehead atoms. The van der Waals surface area contributed by atoms with Crippen molar-refractivity contribution in [3.63, 3.8) is 0 Å². The first-order chi connectivity index (χ1) is 14.8. The predicted octanol–water partition coefficient (Wildman–Crippen LogP) is 3.93. The largest absolute Gasteiger partial charge is 0.464 e. The second-order valence-electron chi connectivity index (χ2n) is 7.60. The van der Waals surface area contributed by atoms with Crippen molar-refractivity contribution in [3.8, 4) is 28.7 Å². The Morgan fingerprint density at radius 1 is 1.03 bits per heavy atom. The minimum Gasteiger partial charge on any atom is -0.464 e. The lowest BCUT2D eigenvalue weighted by Gasteiger charge is -2.20. The van der Waals surface area contributed by atoms with Gasteiger partial charge in [0.25, 0.3) is 0 Å². The number of nitrogens with one attached hydrogen (secondary N) is 1. The zero-order valence-electron chi connectivity index (χ0n) is 16.7. The van der Waals surface area contributed by atoms with Crippen LogP contribution in [0.2, 0.25) is 0 Å². The van der Waals surface area contributed by atoms with Gasteiger partial charge >= 0.3 is 0 Å². The van der Waals surface area contributed by atoms with E-state index in [9.17, 15) is 0 Å². The fraction of sp³-hybridized carbons (Fsp3) is 0.250. The lowest BCUT2D eigenvalue weighted by Crippen LogP contribution is -2.28. The molecule has 0 atom stereocenters. The summed E-state index contributed by atoms with van der Waals surface area (Å²) in [5, 5.41) is 12.6. The summed E-state index contributed by atoms with van der Waals surface area (Å²) >= 11 is 0. The van der Waals surface area contributed by atoms with Crippen LogP contribution in [0.25, 0.3) is 28.2 Å². The van der Waals surface area contributed by atoms with Crippen molar-refractivity contribution in [1.82, 2.24) is 19.6 Å². The second-order valence-corrected chi connectivity index (χ2v) is 7.60. The Morgan fingerprint density at radius 3 is 2.70 bits per heavy atom. The van der Waals surface area contributed by atoms with Crippen molar-refractivity contribution in [2.75, 3.05) is 26.2 Å². The topological polar surface area (TPSA) is 69.5 Å². The van der Waals surface area contributed by atoms with Gasteiger partial charge in [0.05, 0.1) is 29.3 Å². The fourth-order valence-corrected chi connectivity index (χ4v) is 4.04. The summed E-state index contributed by atoms with van der Waals surface area (Å²) < 4.78 is 7.79. The summed E-state index contributed by atoms with van der Waals surface area (Å²) in [6.45, 7) is 4.96. The van der Waals surface area contributed by atoms with Crippen LogP contribution < -0.4 is 5.32 Å². The Bertz CT molecular complexity index is 1180. The van der Waals surface area contributed by atoms with Crippen LogP contribution in [0.3, 0.4) is 0 Å². The number of pyridine rings is 1. The van der Waals surface area contributed by atoms with E-state index in [0.29, 0.717) is 5.56 Å². The van der Waals surface area contributed by atoms with Gasteiger partial charge in [-0.05, 0) is 55.9 Å². The minimum absolute atomic E-state index is 0.655. The number of nitrogens with zero attached hydrogens (tertiary/aromatic N) is 4. The Hall–Kier alpha value is -3.40. The van der Waals surface area contributed by atoms with E-state index in [0.717, 1.165) is 73.1 Å². The van der Waals surface area contributed by atoms with Gasteiger partial charge in [0.1, 0.15) is 11.4 Å². The minimum atomic E-state index is 0.655. The maximum Gasteiger partial charge on any atom is 0.137 e. The molecular formula is C24H23N5O. The molecule has 6 heteroatoms. The van der Waals surface area contributed by atoms with Gasteiger partial charge in [-0.1, -0.05) is 12.1 Å². The van der Waals surface area contributed by atoms with Crippen molar-refractivity contribution in [2.24, 2.45) is 0 Å². The van der Waals surface area contributed by atoms with Gasteiger partial charge in [-0.15, -0.1) is 0 Å². The SMILES string of the molecule is N#Cc1ccc(-c2nc3ccc(-c4ccco4)cn3c2CN2CCCNCC2)cc1. The molecule has 150 valence electrons. The number of imidazole rings is 1. The summed E-state index contributed by atoms with van der Waals surface area (Å²) in [5.74, 6) is 0.843. The Labute approximate surface area is 175 Å². The molecule has 1 aliphatic rings. The van der Waals surface area contributed by atoms with Crippen LogP contribution in [0.15, 0.2) is 65.4 Å². The van der Waals surface area contributed by atoms with Crippen LogP contribution in [0.5, 0.6) is 0 Å². The summed E-state index contributed by atoms with van der Waals surface area (Å²) in [7, 11) is 0. The summed E-state index contributed by atoms with van der Waals surface area (Å²) in [4.78, 5) is 7.44. The van der Waals surface area contributed by atoms with Gasteiger partial charge in [0.2, 0.25) is 0 Å². The molecule has 4 aromatic rings. The molecule has 1 aliphatic heterocycles. The van der Waals surface area contributed by atoms with Crippen molar-refractivity contribution in [3.05, 3.63) is 72.2 Å². The third-order valence-electron chi connectivity index (χ3n) is 5.62. The highest BCUT2D eigenvalue weighted by Crippen LogP contribution is 2.29. The zero-order chi connectivity index (χ0) is 20.3. The first-order valence-electron chi connectivity index (χ1n) is 10.3. The van der Waals surface area contributed by atoms with Gasteiger partial charge in [-0.3, -0.25) is 4.90 Å². The fourth-order valence-electron chi connectivity index (χ4n) is 4.04. The first-order valence-corrected chi connectivity index (χ1v) is 10.3. The summed E-state index contributed by atoms with van der Waals surface area (Å²) in [6.07, 6.45) is 4.95. The molecule has 0 amide bonds. The number of hydrogen-bond acceptors (Lipinski definition) is 5. The highest BCUT2D eigenvalue weighted by atomic mass is 16.3. The van der Waals surface area contributed by atoms with Crippen LogP contribution in [-0.4, -0.2) is 40.5 Å². The maximum absolute atomic E-state index is 9.14. The van der Waals surface area contributed by atoms with E-state index in [2.05, 4.69) is 26.9 Å². The molecule has 1 N–H and O–H groups in total. The highest BCUT2D eigenvalue weighted by Gasteiger charge is 2.19. The molecule has 5 rings (SSSR count). The molecule has 3 aromatic heterocycles. The smallest absolute Gasteiger partial charge is 0.137 e. The van der Waals surface area contributed by atoms with Gasteiger partial charge < -0.3 is 14.1 Å². The second kappa shape index (κ2) is 8.15. The number of hydrogen-bond donors (Lipinski definition) is 1. The average Bonchev–Trinajstić information content (AvgIpc) is 3.36. The number of furan rings is 1. The Kier molecular flexibility index (Phi) is 5.06. The van der Waals surface area contributed by atoms with Crippen molar-refractivity contribution in [2.45, 2.75) is 13.0 Å². The molecule has 1 saturated heterocycles. The molecule has 4 heterocycles. The number of rotatable bonds is 4. The van der Waals surface area contributed by atoms with Crippen LogP contribution in [0.4, 0.5) is 0 Å². The molecule has 0 saturated carbocycles. The number of aromatic nitrogens is 2. The van der Waals surface area contributed by atoms with Crippen molar-refractivity contribution >= 4 is 5.65 Å². The number of benzene rings is 1. The van der Waals surface area contributed by atoms with Gasteiger partial charge in [-0.25, -0.2) is 4.98 Å².